The first-order valence-electron chi connectivity index (χ1n) is 3.57. The SMILES string of the molecule is C#CC(C)C1(C)CC1C. The van der Waals surface area contributed by atoms with E-state index in [0.29, 0.717) is 11.3 Å². The average molecular weight is 122 g/mol. The zero-order valence-electron chi connectivity index (χ0n) is 6.44. The van der Waals surface area contributed by atoms with Crippen molar-refractivity contribution in [2.45, 2.75) is 27.2 Å². The fourth-order valence-corrected chi connectivity index (χ4v) is 1.39. The molecule has 1 aliphatic carbocycles. The van der Waals surface area contributed by atoms with Crippen molar-refractivity contribution in [1.82, 2.24) is 0 Å². The van der Waals surface area contributed by atoms with E-state index in [1.807, 2.05) is 0 Å². The standard InChI is InChI=1S/C9H14/c1-5-7(2)9(4)6-8(9)3/h1,7-8H,6H2,2-4H3. The van der Waals surface area contributed by atoms with Crippen LogP contribution in [0.5, 0.6) is 0 Å². The lowest BCUT2D eigenvalue weighted by molar-refractivity contribution is 0.416. The van der Waals surface area contributed by atoms with Crippen LogP contribution in [0.4, 0.5) is 0 Å². The second-order valence-corrected chi connectivity index (χ2v) is 3.50. The van der Waals surface area contributed by atoms with Gasteiger partial charge in [0.2, 0.25) is 0 Å². The molecule has 1 aliphatic rings. The lowest BCUT2D eigenvalue weighted by atomic mass is 9.91. The summed E-state index contributed by atoms with van der Waals surface area (Å²) in [7, 11) is 0. The van der Waals surface area contributed by atoms with Gasteiger partial charge >= 0.3 is 0 Å². The zero-order chi connectivity index (χ0) is 7.07. The zero-order valence-corrected chi connectivity index (χ0v) is 6.44. The van der Waals surface area contributed by atoms with Gasteiger partial charge < -0.3 is 0 Å². The predicted molar refractivity (Wildman–Crippen MR) is 39.9 cm³/mol. The second kappa shape index (κ2) is 1.77. The molecule has 0 heterocycles. The van der Waals surface area contributed by atoms with Crippen molar-refractivity contribution < 1.29 is 0 Å². The van der Waals surface area contributed by atoms with E-state index in [1.165, 1.54) is 6.42 Å². The van der Waals surface area contributed by atoms with E-state index < -0.39 is 0 Å². The summed E-state index contributed by atoms with van der Waals surface area (Å²) >= 11 is 0. The first kappa shape index (κ1) is 6.68. The Kier molecular flexibility index (Phi) is 1.31. The van der Waals surface area contributed by atoms with Crippen LogP contribution in [0.1, 0.15) is 27.2 Å². The van der Waals surface area contributed by atoms with Crippen molar-refractivity contribution in [3.05, 3.63) is 0 Å². The van der Waals surface area contributed by atoms with Gasteiger partial charge in [-0.1, -0.05) is 20.8 Å². The Morgan fingerprint density at radius 2 is 2.22 bits per heavy atom. The molecule has 0 aromatic carbocycles. The van der Waals surface area contributed by atoms with Gasteiger partial charge in [0, 0.05) is 5.92 Å². The van der Waals surface area contributed by atoms with E-state index in [1.54, 1.807) is 0 Å². The van der Waals surface area contributed by atoms with Crippen LogP contribution in [-0.2, 0) is 0 Å². The first-order chi connectivity index (χ1) is 4.11. The first-order valence-corrected chi connectivity index (χ1v) is 3.57. The molecule has 9 heavy (non-hydrogen) atoms. The van der Waals surface area contributed by atoms with Gasteiger partial charge in [0.1, 0.15) is 0 Å². The Hall–Kier alpha value is -0.440. The molecule has 0 bridgehead atoms. The molecule has 0 aromatic rings. The molecule has 3 unspecified atom stereocenters. The topological polar surface area (TPSA) is 0 Å². The molecule has 1 saturated carbocycles. The highest BCUT2D eigenvalue weighted by Crippen LogP contribution is 2.56. The lowest BCUT2D eigenvalue weighted by Gasteiger charge is -2.12. The van der Waals surface area contributed by atoms with E-state index in [9.17, 15) is 0 Å². The van der Waals surface area contributed by atoms with E-state index in [0.717, 1.165) is 5.92 Å². The van der Waals surface area contributed by atoms with Crippen molar-refractivity contribution >= 4 is 0 Å². The highest BCUT2D eigenvalue weighted by Gasteiger charge is 2.49. The summed E-state index contributed by atoms with van der Waals surface area (Å²) < 4.78 is 0. The van der Waals surface area contributed by atoms with Gasteiger partial charge in [-0.25, -0.2) is 0 Å². The molecule has 0 aliphatic heterocycles. The molecule has 0 saturated heterocycles. The van der Waals surface area contributed by atoms with Crippen molar-refractivity contribution in [2.24, 2.45) is 17.3 Å². The van der Waals surface area contributed by atoms with Crippen molar-refractivity contribution in [1.29, 1.82) is 0 Å². The van der Waals surface area contributed by atoms with Gasteiger partial charge in [0.25, 0.3) is 0 Å². The number of rotatable bonds is 1. The van der Waals surface area contributed by atoms with Crippen LogP contribution in [0.25, 0.3) is 0 Å². The molecule has 1 rings (SSSR count). The van der Waals surface area contributed by atoms with Gasteiger partial charge in [-0.3, -0.25) is 0 Å². The lowest BCUT2D eigenvalue weighted by Crippen LogP contribution is -2.07. The Bertz CT molecular complexity index is 152. The van der Waals surface area contributed by atoms with Crippen LogP contribution < -0.4 is 0 Å². The van der Waals surface area contributed by atoms with Crippen LogP contribution in [0.3, 0.4) is 0 Å². The van der Waals surface area contributed by atoms with Crippen molar-refractivity contribution in [2.75, 3.05) is 0 Å². The van der Waals surface area contributed by atoms with E-state index >= 15 is 0 Å². The minimum absolute atomic E-state index is 0.465. The summed E-state index contributed by atoms with van der Waals surface area (Å²) in [5, 5.41) is 0. The molecule has 0 N–H and O–H groups in total. The minimum atomic E-state index is 0.465. The monoisotopic (exact) mass is 122 g/mol. The minimum Gasteiger partial charge on any atom is -0.120 e. The van der Waals surface area contributed by atoms with Crippen LogP contribution in [0, 0.1) is 29.6 Å². The normalized spacial score (nSPS) is 43.6. The third-order valence-electron chi connectivity index (χ3n) is 2.95. The Balaban J connectivity index is 2.56. The number of hydrogen-bond donors (Lipinski definition) is 0. The van der Waals surface area contributed by atoms with Gasteiger partial charge in [-0.05, 0) is 17.8 Å². The molecular formula is C9H14. The number of terminal acetylenes is 1. The predicted octanol–water partition coefficient (Wildman–Crippen LogP) is 2.30. The fraction of sp³-hybridized carbons (Fsp3) is 0.778. The largest absolute Gasteiger partial charge is 0.120 e. The smallest absolute Gasteiger partial charge is 0.0228 e. The van der Waals surface area contributed by atoms with E-state index in [-0.39, 0.29) is 0 Å². The maximum absolute atomic E-state index is 5.31. The molecule has 1 fully saturated rings. The fourth-order valence-electron chi connectivity index (χ4n) is 1.39. The van der Waals surface area contributed by atoms with Gasteiger partial charge in [0.15, 0.2) is 0 Å². The third kappa shape index (κ3) is 0.852. The second-order valence-electron chi connectivity index (χ2n) is 3.50. The summed E-state index contributed by atoms with van der Waals surface area (Å²) in [5.74, 6) is 4.11. The summed E-state index contributed by atoms with van der Waals surface area (Å²) in [6.07, 6.45) is 6.63. The van der Waals surface area contributed by atoms with Crippen LogP contribution in [-0.4, -0.2) is 0 Å². The number of hydrogen-bond acceptors (Lipinski definition) is 0. The molecule has 0 spiro atoms. The highest BCUT2D eigenvalue weighted by molar-refractivity contribution is 5.09. The maximum Gasteiger partial charge on any atom is 0.0228 e. The average Bonchev–Trinajstić information content (AvgIpc) is 2.41. The van der Waals surface area contributed by atoms with Crippen molar-refractivity contribution in [3.63, 3.8) is 0 Å². The summed E-state index contributed by atoms with van der Waals surface area (Å²) in [5.41, 5.74) is 0.481. The third-order valence-corrected chi connectivity index (χ3v) is 2.95. The Morgan fingerprint density at radius 1 is 1.78 bits per heavy atom. The Morgan fingerprint density at radius 3 is 2.33 bits per heavy atom. The highest BCUT2D eigenvalue weighted by atomic mass is 14.5. The molecule has 0 nitrogen and oxygen atoms in total. The summed E-state index contributed by atoms with van der Waals surface area (Å²) in [6.45, 7) is 6.69. The molecule has 0 heteroatoms. The van der Waals surface area contributed by atoms with Crippen molar-refractivity contribution in [3.8, 4) is 12.3 Å². The molecular weight excluding hydrogens is 108 g/mol. The Labute approximate surface area is 57.7 Å². The van der Waals surface area contributed by atoms with E-state index in [4.69, 9.17) is 6.42 Å². The van der Waals surface area contributed by atoms with Gasteiger partial charge in [-0.2, -0.15) is 0 Å². The quantitative estimate of drug-likeness (QED) is 0.468. The van der Waals surface area contributed by atoms with Crippen LogP contribution >= 0.6 is 0 Å². The molecule has 0 amide bonds. The molecule has 3 atom stereocenters. The molecule has 0 aromatic heterocycles. The van der Waals surface area contributed by atoms with Gasteiger partial charge in [-0.15, -0.1) is 12.3 Å². The van der Waals surface area contributed by atoms with Crippen LogP contribution in [0.2, 0.25) is 0 Å². The van der Waals surface area contributed by atoms with E-state index in [2.05, 4.69) is 26.7 Å². The van der Waals surface area contributed by atoms with Gasteiger partial charge in [0.05, 0.1) is 0 Å². The summed E-state index contributed by atoms with van der Waals surface area (Å²) in [4.78, 5) is 0. The molecule has 0 radical (unpaired) electrons. The van der Waals surface area contributed by atoms with Crippen LogP contribution in [0.15, 0.2) is 0 Å². The molecule has 50 valence electrons. The summed E-state index contributed by atoms with van der Waals surface area (Å²) in [6, 6.07) is 0. The maximum atomic E-state index is 5.31.